The number of rotatable bonds is 4. The van der Waals surface area contributed by atoms with Gasteiger partial charge in [-0.3, -0.25) is 9.67 Å². The molecule has 1 aromatic rings. The van der Waals surface area contributed by atoms with Gasteiger partial charge in [0, 0.05) is 13.2 Å². The summed E-state index contributed by atoms with van der Waals surface area (Å²) in [6.45, 7) is 8.27. The highest BCUT2D eigenvalue weighted by Crippen LogP contribution is 2.28. The average molecular weight is 229 g/mol. The molecule has 1 atom stereocenters. The molecule has 1 rings (SSSR count). The van der Waals surface area contributed by atoms with Gasteiger partial charge in [0.15, 0.2) is 10.6 Å². The molecule has 15 heavy (non-hydrogen) atoms. The van der Waals surface area contributed by atoms with Crippen LogP contribution >= 0.6 is 12.2 Å². The maximum absolute atomic E-state index is 5.53. The first kappa shape index (κ1) is 12.4. The molecule has 0 saturated heterocycles. The van der Waals surface area contributed by atoms with E-state index in [2.05, 4.69) is 31.0 Å². The third-order valence-electron chi connectivity index (χ3n) is 2.82. The normalized spacial score (nSPS) is 15.6. The van der Waals surface area contributed by atoms with Crippen LogP contribution in [0.4, 0.5) is 0 Å². The average Bonchev–Trinajstić information content (AvgIpc) is 2.59. The molecule has 1 heterocycles. The first-order valence-electron chi connectivity index (χ1n) is 5.18. The molecule has 1 aromatic heterocycles. The lowest BCUT2D eigenvalue weighted by Crippen LogP contribution is -2.28. The number of aromatic amines is 1. The second kappa shape index (κ2) is 4.45. The van der Waals surface area contributed by atoms with Crippen LogP contribution in [0.15, 0.2) is 0 Å². The second-order valence-corrected chi connectivity index (χ2v) is 4.49. The van der Waals surface area contributed by atoms with E-state index in [0.717, 1.165) is 12.2 Å². The molecule has 5 heteroatoms. The third kappa shape index (κ3) is 2.13. The lowest BCUT2D eigenvalue weighted by molar-refractivity contribution is -0.0128. The van der Waals surface area contributed by atoms with Crippen molar-refractivity contribution >= 4 is 12.2 Å². The smallest absolute Gasteiger partial charge is 0.195 e. The largest absolute Gasteiger partial charge is 0.371 e. The molecule has 0 amide bonds. The fourth-order valence-corrected chi connectivity index (χ4v) is 1.89. The predicted molar refractivity (Wildman–Crippen MR) is 62.4 cm³/mol. The standard InChI is InChI=1S/C10H19N3OS/c1-6-10(4,14-5)8-11-12-9(15)13(8)7(2)3/h7H,6H2,1-5H3,(H,12,15). The van der Waals surface area contributed by atoms with Crippen molar-refractivity contribution in [1.29, 1.82) is 0 Å². The fraction of sp³-hybridized carbons (Fsp3) is 0.800. The third-order valence-corrected chi connectivity index (χ3v) is 3.11. The van der Waals surface area contributed by atoms with Crippen LogP contribution in [0.2, 0.25) is 0 Å². The van der Waals surface area contributed by atoms with Gasteiger partial charge in [0.05, 0.1) is 0 Å². The van der Waals surface area contributed by atoms with E-state index in [-0.39, 0.29) is 11.6 Å². The molecule has 0 aromatic carbocycles. The highest BCUT2D eigenvalue weighted by Gasteiger charge is 2.30. The summed E-state index contributed by atoms with van der Waals surface area (Å²) in [7, 11) is 1.70. The summed E-state index contributed by atoms with van der Waals surface area (Å²) in [5, 5.41) is 7.10. The molecule has 4 nitrogen and oxygen atoms in total. The minimum Gasteiger partial charge on any atom is -0.371 e. The first-order chi connectivity index (χ1) is 6.96. The van der Waals surface area contributed by atoms with E-state index in [1.165, 1.54) is 0 Å². The second-order valence-electron chi connectivity index (χ2n) is 4.10. The molecule has 0 aliphatic carbocycles. The van der Waals surface area contributed by atoms with E-state index in [0.29, 0.717) is 4.77 Å². The van der Waals surface area contributed by atoms with Crippen molar-refractivity contribution in [2.75, 3.05) is 7.11 Å². The Labute approximate surface area is 95.7 Å². The van der Waals surface area contributed by atoms with Crippen LogP contribution in [0.25, 0.3) is 0 Å². The fourth-order valence-electron chi connectivity index (χ4n) is 1.55. The number of methoxy groups -OCH3 is 1. The Hall–Kier alpha value is -0.680. The molecule has 0 radical (unpaired) electrons. The first-order valence-corrected chi connectivity index (χ1v) is 5.59. The van der Waals surface area contributed by atoms with Crippen LogP contribution in [0.3, 0.4) is 0 Å². The summed E-state index contributed by atoms with van der Waals surface area (Å²) < 4.78 is 8.18. The van der Waals surface area contributed by atoms with Gasteiger partial charge in [-0.2, -0.15) is 5.10 Å². The van der Waals surface area contributed by atoms with E-state index in [1.54, 1.807) is 7.11 Å². The summed E-state index contributed by atoms with van der Waals surface area (Å²) in [6, 6.07) is 0.285. The van der Waals surface area contributed by atoms with Crippen LogP contribution < -0.4 is 0 Å². The summed E-state index contributed by atoms with van der Waals surface area (Å²) in [5.41, 5.74) is -0.377. The van der Waals surface area contributed by atoms with E-state index >= 15 is 0 Å². The maximum Gasteiger partial charge on any atom is 0.195 e. The van der Waals surface area contributed by atoms with Gasteiger partial charge in [0.1, 0.15) is 5.60 Å². The Morgan fingerprint density at radius 3 is 2.60 bits per heavy atom. The van der Waals surface area contributed by atoms with Gasteiger partial charge < -0.3 is 4.74 Å². The summed E-state index contributed by atoms with van der Waals surface area (Å²) >= 11 is 5.20. The molecule has 1 N–H and O–H groups in total. The molecule has 0 fully saturated rings. The molecule has 0 saturated carbocycles. The molecule has 0 spiro atoms. The zero-order valence-electron chi connectivity index (χ0n) is 10.00. The van der Waals surface area contributed by atoms with Crippen molar-refractivity contribution in [3.8, 4) is 0 Å². The van der Waals surface area contributed by atoms with Gasteiger partial charge in [0.2, 0.25) is 0 Å². The van der Waals surface area contributed by atoms with Gasteiger partial charge in [-0.05, 0) is 39.4 Å². The quantitative estimate of drug-likeness (QED) is 0.807. The monoisotopic (exact) mass is 229 g/mol. The maximum atomic E-state index is 5.53. The Morgan fingerprint density at radius 1 is 1.60 bits per heavy atom. The van der Waals surface area contributed by atoms with Crippen LogP contribution in [-0.4, -0.2) is 21.9 Å². The molecular formula is C10H19N3OS. The van der Waals surface area contributed by atoms with Crippen LogP contribution in [0.5, 0.6) is 0 Å². The van der Waals surface area contributed by atoms with E-state index in [1.807, 2.05) is 11.5 Å². The number of H-pyrrole nitrogens is 1. The summed E-state index contributed by atoms with van der Waals surface area (Å²) in [4.78, 5) is 0. The number of hydrogen-bond acceptors (Lipinski definition) is 3. The Balaban J connectivity index is 3.31. The molecule has 1 unspecified atom stereocenters. The Morgan fingerprint density at radius 2 is 2.20 bits per heavy atom. The number of nitrogens with zero attached hydrogens (tertiary/aromatic N) is 2. The Kier molecular flexibility index (Phi) is 3.67. The van der Waals surface area contributed by atoms with Crippen molar-refractivity contribution in [2.45, 2.75) is 45.8 Å². The van der Waals surface area contributed by atoms with Gasteiger partial charge >= 0.3 is 0 Å². The number of ether oxygens (including phenoxy) is 1. The minimum atomic E-state index is -0.377. The van der Waals surface area contributed by atoms with Crippen molar-refractivity contribution in [3.63, 3.8) is 0 Å². The highest BCUT2D eigenvalue weighted by atomic mass is 32.1. The molecule has 0 aliphatic rings. The number of aromatic nitrogens is 3. The number of hydrogen-bond donors (Lipinski definition) is 1. The Bertz CT molecular complexity index is 376. The molecule has 86 valence electrons. The summed E-state index contributed by atoms with van der Waals surface area (Å²) in [5.74, 6) is 0.868. The summed E-state index contributed by atoms with van der Waals surface area (Å²) in [6.07, 6.45) is 0.857. The van der Waals surface area contributed by atoms with Crippen LogP contribution in [0.1, 0.15) is 46.0 Å². The lowest BCUT2D eigenvalue weighted by Gasteiger charge is -2.27. The van der Waals surface area contributed by atoms with E-state index in [4.69, 9.17) is 17.0 Å². The molecule has 0 aliphatic heterocycles. The van der Waals surface area contributed by atoms with Gasteiger partial charge in [-0.25, -0.2) is 0 Å². The van der Waals surface area contributed by atoms with E-state index in [9.17, 15) is 0 Å². The minimum absolute atomic E-state index is 0.285. The van der Waals surface area contributed by atoms with Crippen molar-refractivity contribution in [2.24, 2.45) is 0 Å². The van der Waals surface area contributed by atoms with Crippen LogP contribution in [0, 0.1) is 4.77 Å². The lowest BCUT2D eigenvalue weighted by atomic mass is 10.0. The van der Waals surface area contributed by atoms with E-state index < -0.39 is 0 Å². The molecular weight excluding hydrogens is 210 g/mol. The number of nitrogens with one attached hydrogen (secondary N) is 1. The van der Waals surface area contributed by atoms with Gasteiger partial charge in [0.25, 0.3) is 0 Å². The van der Waals surface area contributed by atoms with Gasteiger partial charge in [-0.1, -0.05) is 6.92 Å². The van der Waals surface area contributed by atoms with Crippen molar-refractivity contribution in [1.82, 2.24) is 14.8 Å². The van der Waals surface area contributed by atoms with Crippen molar-refractivity contribution < 1.29 is 4.74 Å². The predicted octanol–water partition coefficient (Wildman–Crippen LogP) is 2.79. The van der Waals surface area contributed by atoms with Gasteiger partial charge in [-0.15, -0.1) is 0 Å². The topological polar surface area (TPSA) is 42.8 Å². The van der Waals surface area contributed by atoms with Crippen LogP contribution in [-0.2, 0) is 10.3 Å². The zero-order chi connectivity index (χ0) is 11.6. The SMILES string of the molecule is CCC(C)(OC)c1n[nH]c(=S)n1C(C)C. The highest BCUT2D eigenvalue weighted by molar-refractivity contribution is 7.71. The zero-order valence-corrected chi connectivity index (χ0v) is 10.8. The van der Waals surface area contributed by atoms with Crippen molar-refractivity contribution in [3.05, 3.63) is 10.6 Å². The molecule has 0 bridgehead atoms.